The van der Waals surface area contributed by atoms with Gasteiger partial charge in [0, 0.05) is 24.2 Å². The Morgan fingerprint density at radius 2 is 1.29 bits per heavy atom. The van der Waals surface area contributed by atoms with Crippen molar-refractivity contribution in [2.24, 2.45) is 0 Å². The van der Waals surface area contributed by atoms with Gasteiger partial charge in [-0.2, -0.15) is 0 Å². The lowest BCUT2D eigenvalue weighted by Gasteiger charge is -2.37. The number of anilines is 1. The molecule has 0 fully saturated rings. The van der Waals surface area contributed by atoms with Crippen molar-refractivity contribution in [2.75, 3.05) is 19.0 Å². The first-order valence-electron chi connectivity index (χ1n) is 18.2. The molecule has 3 amide bonds. The molecule has 0 aliphatic carbocycles. The standard InChI is InChI=1S/C43H45N5O8/c1-56-37-25-19-34(20-26-37)43(32-10-4-2-5-11-32,33-12-6-3-7-13-33)44-27-9-8-14-38(40(50)45-35-21-15-31(29-49)16-22-35)46-41(51)39(47-42(52)53)28-30-17-23-36(24-18-30)48(54)55/h2-7,10-13,15-26,38-39,44,47,49H,8-9,14,27-29H2,1H3,(H,45,50)(H,46,51)(H,52,53)/t38-,39-/m0/s1. The van der Waals surface area contributed by atoms with Crippen molar-refractivity contribution >= 4 is 29.3 Å². The van der Waals surface area contributed by atoms with Crippen LogP contribution in [-0.4, -0.2) is 58.8 Å². The average Bonchev–Trinajstić information content (AvgIpc) is 3.22. The number of ether oxygens (including phenoxy) is 1. The van der Waals surface area contributed by atoms with E-state index in [2.05, 4.69) is 45.5 Å². The number of rotatable bonds is 19. The Balaban J connectivity index is 1.35. The molecule has 6 N–H and O–H groups in total. The molecule has 0 spiro atoms. The number of unbranched alkanes of at least 4 members (excludes halogenated alkanes) is 1. The van der Waals surface area contributed by atoms with Crippen molar-refractivity contribution in [1.29, 1.82) is 0 Å². The maximum atomic E-state index is 13.7. The van der Waals surface area contributed by atoms with Gasteiger partial charge >= 0.3 is 6.09 Å². The SMILES string of the molecule is COc1ccc(C(NCCCC[C@H](NC(=O)[C@H](Cc2ccc([N+](=O)[O-])cc2)NC(=O)O)C(=O)Nc2ccc(CO)cc2)(c2ccccc2)c2ccccc2)cc1. The molecular formula is C43H45N5O8. The molecule has 5 aromatic carbocycles. The fraction of sp³-hybridized carbons (Fsp3) is 0.233. The van der Waals surface area contributed by atoms with Crippen LogP contribution in [0.1, 0.15) is 47.1 Å². The normalized spacial score (nSPS) is 12.2. The van der Waals surface area contributed by atoms with E-state index in [0.29, 0.717) is 36.2 Å². The zero-order chi connectivity index (χ0) is 39.9. The molecule has 0 saturated carbocycles. The molecule has 290 valence electrons. The summed E-state index contributed by atoms with van der Waals surface area (Å²) in [6.07, 6.45) is -0.236. The molecule has 0 bridgehead atoms. The Bertz CT molecular complexity index is 2010. The van der Waals surface area contributed by atoms with Crippen molar-refractivity contribution in [3.8, 4) is 5.75 Å². The molecule has 5 rings (SSSR count). The molecule has 0 aromatic heterocycles. The molecule has 13 heteroatoms. The smallest absolute Gasteiger partial charge is 0.405 e. The Hall–Kier alpha value is -6.57. The highest BCUT2D eigenvalue weighted by molar-refractivity contribution is 5.98. The van der Waals surface area contributed by atoms with Gasteiger partial charge in [-0.25, -0.2) is 4.79 Å². The molecule has 2 atom stereocenters. The number of amides is 3. The number of benzene rings is 5. The summed E-state index contributed by atoms with van der Waals surface area (Å²) in [5, 5.41) is 41.7. The van der Waals surface area contributed by atoms with E-state index in [-0.39, 0.29) is 25.1 Å². The number of carboxylic acid groups (broad SMARTS) is 1. The van der Waals surface area contributed by atoms with E-state index in [1.54, 1.807) is 31.4 Å². The summed E-state index contributed by atoms with van der Waals surface area (Å²) in [5.41, 5.74) is 3.76. The third-order valence-corrected chi connectivity index (χ3v) is 9.48. The largest absolute Gasteiger partial charge is 0.497 e. The molecule has 13 nitrogen and oxygen atoms in total. The summed E-state index contributed by atoms with van der Waals surface area (Å²) in [4.78, 5) is 49.7. The van der Waals surface area contributed by atoms with E-state index in [0.717, 1.165) is 22.4 Å². The van der Waals surface area contributed by atoms with Crippen LogP contribution in [0.2, 0.25) is 0 Å². The highest BCUT2D eigenvalue weighted by Gasteiger charge is 2.36. The average molecular weight is 760 g/mol. The van der Waals surface area contributed by atoms with E-state index in [1.807, 2.05) is 60.7 Å². The van der Waals surface area contributed by atoms with Gasteiger partial charge in [-0.3, -0.25) is 25.0 Å². The zero-order valence-corrected chi connectivity index (χ0v) is 30.9. The summed E-state index contributed by atoms with van der Waals surface area (Å²) in [6, 6.07) is 37.9. The fourth-order valence-electron chi connectivity index (χ4n) is 6.58. The van der Waals surface area contributed by atoms with Crippen LogP contribution in [0.5, 0.6) is 5.75 Å². The number of hydrogen-bond donors (Lipinski definition) is 6. The number of nitrogens with one attached hydrogen (secondary N) is 4. The van der Waals surface area contributed by atoms with E-state index in [1.165, 1.54) is 24.3 Å². The van der Waals surface area contributed by atoms with Crippen LogP contribution in [0.25, 0.3) is 0 Å². The number of methoxy groups -OCH3 is 1. The number of nitro groups is 1. The van der Waals surface area contributed by atoms with Crippen LogP contribution >= 0.6 is 0 Å². The molecule has 5 aromatic rings. The van der Waals surface area contributed by atoms with Gasteiger partial charge in [0.05, 0.1) is 24.2 Å². The third-order valence-electron chi connectivity index (χ3n) is 9.48. The first-order valence-corrected chi connectivity index (χ1v) is 18.2. The topological polar surface area (TPSA) is 192 Å². The van der Waals surface area contributed by atoms with Gasteiger partial charge in [-0.15, -0.1) is 0 Å². The highest BCUT2D eigenvalue weighted by Crippen LogP contribution is 2.37. The second kappa shape index (κ2) is 19.7. The molecule has 0 aliphatic rings. The molecule has 0 saturated heterocycles. The van der Waals surface area contributed by atoms with Gasteiger partial charge in [0.2, 0.25) is 11.8 Å². The first kappa shape index (κ1) is 40.6. The van der Waals surface area contributed by atoms with Crippen molar-refractivity contribution in [3.05, 3.63) is 171 Å². The van der Waals surface area contributed by atoms with Crippen molar-refractivity contribution in [1.82, 2.24) is 16.0 Å². The summed E-state index contributed by atoms with van der Waals surface area (Å²) in [6.45, 7) is 0.353. The summed E-state index contributed by atoms with van der Waals surface area (Å²) < 4.78 is 5.45. The van der Waals surface area contributed by atoms with Gasteiger partial charge in [-0.05, 0) is 77.9 Å². The maximum absolute atomic E-state index is 13.7. The minimum absolute atomic E-state index is 0.108. The molecule has 0 heterocycles. The molecular weight excluding hydrogens is 714 g/mol. The van der Waals surface area contributed by atoms with E-state index in [9.17, 15) is 34.7 Å². The molecule has 56 heavy (non-hydrogen) atoms. The Morgan fingerprint density at radius 3 is 1.82 bits per heavy atom. The van der Waals surface area contributed by atoms with Crippen molar-refractivity contribution in [3.63, 3.8) is 0 Å². The Labute approximate surface area is 324 Å². The number of aliphatic hydroxyl groups excluding tert-OH is 1. The lowest BCUT2D eigenvalue weighted by Crippen LogP contribution is -2.53. The fourth-order valence-corrected chi connectivity index (χ4v) is 6.58. The monoisotopic (exact) mass is 759 g/mol. The first-order chi connectivity index (χ1) is 27.1. The van der Waals surface area contributed by atoms with Crippen LogP contribution in [0.4, 0.5) is 16.2 Å². The van der Waals surface area contributed by atoms with Crippen LogP contribution in [0.3, 0.4) is 0 Å². The molecule has 0 aliphatic heterocycles. The number of nitro benzene ring substituents is 1. The number of carbonyl (C=O) groups excluding carboxylic acids is 2. The quantitative estimate of drug-likeness (QED) is 0.0248. The summed E-state index contributed by atoms with van der Waals surface area (Å²) in [5.74, 6) is -0.507. The molecule has 0 radical (unpaired) electrons. The second-order valence-electron chi connectivity index (χ2n) is 13.2. The van der Waals surface area contributed by atoms with Gasteiger partial charge in [0.25, 0.3) is 5.69 Å². The lowest BCUT2D eigenvalue weighted by molar-refractivity contribution is -0.384. The van der Waals surface area contributed by atoms with E-state index < -0.39 is 40.5 Å². The summed E-state index contributed by atoms with van der Waals surface area (Å²) >= 11 is 0. The van der Waals surface area contributed by atoms with Crippen molar-refractivity contribution in [2.45, 2.75) is 49.9 Å². The van der Waals surface area contributed by atoms with Gasteiger partial charge in [0.1, 0.15) is 17.8 Å². The Kier molecular flexibility index (Phi) is 14.3. The molecule has 0 unspecified atom stereocenters. The summed E-state index contributed by atoms with van der Waals surface area (Å²) in [7, 11) is 1.62. The van der Waals surface area contributed by atoms with Crippen LogP contribution < -0.4 is 26.0 Å². The minimum Gasteiger partial charge on any atom is -0.497 e. The van der Waals surface area contributed by atoms with Crippen molar-refractivity contribution < 1.29 is 34.3 Å². The third kappa shape index (κ3) is 10.6. The van der Waals surface area contributed by atoms with Crippen LogP contribution in [-0.2, 0) is 28.2 Å². The Morgan fingerprint density at radius 1 is 0.714 bits per heavy atom. The minimum atomic E-state index is -1.44. The van der Waals surface area contributed by atoms with Gasteiger partial charge < -0.3 is 30.9 Å². The second-order valence-corrected chi connectivity index (χ2v) is 13.2. The van der Waals surface area contributed by atoms with E-state index >= 15 is 0 Å². The highest BCUT2D eigenvalue weighted by atomic mass is 16.6. The zero-order valence-electron chi connectivity index (χ0n) is 30.9. The van der Waals surface area contributed by atoms with Gasteiger partial charge in [-0.1, -0.05) is 97.1 Å². The lowest BCUT2D eigenvalue weighted by atomic mass is 9.77. The van der Waals surface area contributed by atoms with Gasteiger partial charge in [0.15, 0.2) is 0 Å². The maximum Gasteiger partial charge on any atom is 0.405 e. The van der Waals surface area contributed by atoms with Crippen LogP contribution in [0.15, 0.2) is 133 Å². The number of non-ortho nitro benzene ring substituents is 1. The van der Waals surface area contributed by atoms with E-state index in [4.69, 9.17) is 4.74 Å². The number of nitrogens with zero attached hydrogens (tertiary/aromatic N) is 1. The van der Waals surface area contributed by atoms with Crippen LogP contribution in [0, 0.1) is 10.1 Å². The number of hydrogen-bond acceptors (Lipinski definition) is 8. The number of aliphatic hydroxyl groups is 1. The number of carbonyl (C=O) groups is 3. The predicted octanol–water partition coefficient (Wildman–Crippen LogP) is 6.15. The predicted molar refractivity (Wildman–Crippen MR) is 212 cm³/mol.